The SMILES string of the molecule is CNC(Cc1nc(C)cs1)c1ccc(Cl)cc1OC. The fraction of sp³-hybridized carbons (Fsp3) is 0.357. The van der Waals surface area contributed by atoms with Crippen molar-refractivity contribution in [3.8, 4) is 5.75 Å². The minimum atomic E-state index is 0.165. The van der Waals surface area contributed by atoms with Crippen molar-refractivity contribution in [3.63, 3.8) is 0 Å². The van der Waals surface area contributed by atoms with Crippen LogP contribution in [-0.2, 0) is 6.42 Å². The number of rotatable bonds is 5. The molecule has 2 rings (SSSR count). The summed E-state index contributed by atoms with van der Waals surface area (Å²) in [4.78, 5) is 4.51. The van der Waals surface area contributed by atoms with E-state index in [1.54, 1.807) is 18.4 Å². The Labute approximate surface area is 122 Å². The standard InChI is InChI=1S/C14H17ClN2OS/c1-9-8-19-14(17-9)7-12(16-2)11-5-4-10(15)6-13(11)18-3/h4-6,8,12,16H,7H2,1-3H3. The molecule has 3 nitrogen and oxygen atoms in total. The number of methoxy groups -OCH3 is 1. The van der Waals surface area contributed by atoms with Crippen LogP contribution in [0.3, 0.4) is 0 Å². The third-order valence-electron chi connectivity index (χ3n) is 2.96. The third kappa shape index (κ3) is 3.47. The van der Waals surface area contributed by atoms with Crippen molar-refractivity contribution in [2.24, 2.45) is 0 Å². The Morgan fingerprint density at radius 1 is 1.47 bits per heavy atom. The molecule has 0 radical (unpaired) electrons. The maximum absolute atomic E-state index is 6.00. The molecule has 1 unspecified atom stereocenters. The van der Waals surface area contributed by atoms with Crippen LogP contribution in [-0.4, -0.2) is 19.1 Å². The van der Waals surface area contributed by atoms with Gasteiger partial charge in [-0.15, -0.1) is 11.3 Å². The monoisotopic (exact) mass is 296 g/mol. The fourth-order valence-corrected chi connectivity index (χ4v) is 2.99. The van der Waals surface area contributed by atoms with E-state index in [1.807, 2.05) is 32.2 Å². The Bertz CT molecular complexity index is 556. The highest BCUT2D eigenvalue weighted by molar-refractivity contribution is 7.09. The summed E-state index contributed by atoms with van der Waals surface area (Å²) in [6.45, 7) is 2.01. The number of ether oxygens (including phenoxy) is 1. The van der Waals surface area contributed by atoms with E-state index in [-0.39, 0.29) is 6.04 Å². The molecule has 0 aliphatic rings. The average Bonchev–Trinajstić information content (AvgIpc) is 2.81. The van der Waals surface area contributed by atoms with E-state index in [0.29, 0.717) is 5.02 Å². The smallest absolute Gasteiger partial charge is 0.125 e. The Hall–Kier alpha value is -1.10. The summed E-state index contributed by atoms with van der Waals surface area (Å²) >= 11 is 7.68. The molecule has 19 heavy (non-hydrogen) atoms. The first-order valence-electron chi connectivity index (χ1n) is 6.05. The number of nitrogens with zero attached hydrogens (tertiary/aromatic N) is 1. The second-order valence-electron chi connectivity index (χ2n) is 4.31. The molecular weight excluding hydrogens is 280 g/mol. The van der Waals surface area contributed by atoms with Crippen LogP contribution in [0.4, 0.5) is 0 Å². The van der Waals surface area contributed by atoms with E-state index >= 15 is 0 Å². The van der Waals surface area contributed by atoms with Gasteiger partial charge in [-0.2, -0.15) is 0 Å². The first-order chi connectivity index (χ1) is 9.13. The van der Waals surface area contributed by atoms with E-state index in [4.69, 9.17) is 16.3 Å². The van der Waals surface area contributed by atoms with Crippen LogP contribution in [0, 0.1) is 6.92 Å². The maximum atomic E-state index is 6.00. The fourth-order valence-electron chi connectivity index (χ4n) is 2.01. The van der Waals surface area contributed by atoms with Gasteiger partial charge in [0.2, 0.25) is 0 Å². The molecule has 0 fully saturated rings. The van der Waals surface area contributed by atoms with Gasteiger partial charge in [0.1, 0.15) is 5.75 Å². The van der Waals surface area contributed by atoms with Crippen LogP contribution in [0.1, 0.15) is 22.3 Å². The molecule has 2 aromatic rings. The quantitative estimate of drug-likeness (QED) is 0.915. The van der Waals surface area contributed by atoms with Crippen molar-refractivity contribution in [1.29, 1.82) is 0 Å². The minimum Gasteiger partial charge on any atom is -0.496 e. The molecule has 102 valence electrons. The third-order valence-corrected chi connectivity index (χ3v) is 4.19. The normalized spacial score (nSPS) is 12.4. The maximum Gasteiger partial charge on any atom is 0.125 e. The van der Waals surface area contributed by atoms with E-state index in [0.717, 1.165) is 28.4 Å². The highest BCUT2D eigenvalue weighted by Gasteiger charge is 2.16. The molecule has 0 saturated heterocycles. The lowest BCUT2D eigenvalue weighted by atomic mass is 10.0. The lowest BCUT2D eigenvalue weighted by Gasteiger charge is -2.18. The van der Waals surface area contributed by atoms with Gasteiger partial charge in [-0.05, 0) is 26.1 Å². The Morgan fingerprint density at radius 2 is 2.26 bits per heavy atom. The van der Waals surface area contributed by atoms with E-state index in [1.165, 1.54) is 0 Å². The summed E-state index contributed by atoms with van der Waals surface area (Å²) < 4.78 is 5.41. The number of likely N-dealkylation sites (N-methyl/N-ethyl adjacent to an activating group) is 1. The van der Waals surface area contributed by atoms with Gasteiger partial charge in [-0.1, -0.05) is 17.7 Å². The number of nitrogens with one attached hydrogen (secondary N) is 1. The van der Waals surface area contributed by atoms with E-state index in [9.17, 15) is 0 Å². The van der Waals surface area contributed by atoms with Gasteiger partial charge >= 0.3 is 0 Å². The van der Waals surface area contributed by atoms with Gasteiger partial charge in [0.15, 0.2) is 0 Å². The zero-order valence-corrected chi connectivity index (χ0v) is 12.8. The highest BCUT2D eigenvalue weighted by Crippen LogP contribution is 2.30. The molecule has 0 bridgehead atoms. The lowest BCUT2D eigenvalue weighted by molar-refractivity contribution is 0.401. The van der Waals surface area contributed by atoms with Gasteiger partial charge in [0.25, 0.3) is 0 Å². The lowest BCUT2D eigenvalue weighted by Crippen LogP contribution is -2.19. The molecule has 5 heteroatoms. The van der Waals surface area contributed by atoms with Crippen LogP contribution in [0.5, 0.6) is 5.75 Å². The zero-order chi connectivity index (χ0) is 13.8. The van der Waals surface area contributed by atoms with Crippen molar-refractivity contribution in [1.82, 2.24) is 10.3 Å². The Morgan fingerprint density at radius 3 is 2.84 bits per heavy atom. The first kappa shape index (κ1) is 14.3. The largest absolute Gasteiger partial charge is 0.496 e. The molecule has 1 heterocycles. The Kier molecular flexibility index (Phi) is 4.80. The summed E-state index contributed by atoms with van der Waals surface area (Å²) in [5.74, 6) is 0.806. The molecule has 1 atom stereocenters. The zero-order valence-electron chi connectivity index (χ0n) is 11.2. The topological polar surface area (TPSA) is 34.2 Å². The van der Waals surface area contributed by atoms with Crippen LogP contribution in [0.25, 0.3) is 0 Å². The molecule has 0 spiro atoms. The second kappa shape index (κ2) is 6.37. The molecule has 0 aliphatic heterocycles. The van der Waals surface area contributed by atoms with E-state index < -0.39 is 0 Å². The van der Waals surface area contributed by atoms with Gasteiger partial charge < -0.3 is 10.1 Å². The van der Waals surface area contributed by atoms with Crippen molar-refractivity contribution in [2.75, 3.05) is 14.2 Å². The summed E-state index contributed by atoms with van der Waals surface area (Å²) in [5, 5.41) is 7.18. The number of benzene rings is 1. The molecular formula is C14H17ClN2OS. The van der Waals surface area contributed by atoms with Gasteiger partial charge in [0.05, 0.1) is 12.1 Å². The molecule has 0 saturated carbocycles. The van der Waals surface area contributed by atoms with Gasteiger partial charge in [-0.25, -0.2) is 4.98 Å². The summed E-state index contributed by atoms with van der Waals surface area (Å²) in [6, 6.07) is 5.89. The number of thiazole rings is 1. The van der Waals surface area contributed by atoms with Crippen LogP contribution in [0.15, 0.2) is 23.6 Å². The van der Waals surface area contributed by atoms with E-state index in [2.05, 4.69) is 15.7 Å². The van der Waals surface area contributed by atoms with Crippen LogP contribution < -0.4 is 10.1 Å². The first-order valence-corrected chi connectivity index (χ1v) is 7.31. The summed E-state index contributed by atoms with van der Waals surface area (Å²) in [7, 11) is 3.61. The highest BCUT2D eigenvalue weighted by atomic mass is 35.5. The van der Waals surface area contributed by atoms with Crippen molar-refractivity contribution >= 4 is 22.9 Å². The van der Waals surface area contributed by atoms with Crippen molar-refractivity contribution in [2.45, 2.75) is 19.4 Å². The second-order valence-corrected chi connectivity index (χ2v) is 5.69. The number of hydrogen-bond acceptors (Lipinski definition) is 4. The molecule has 1 N–H and O–H groups in total. The van der Waals surface area contributed by atoms with Crippen LogP contribution in [0.2, 0.25) is 5.02 Å². The van der Waals surface area contributed by atoms with Gasteiger partial charge in [-0.3, -0.25) is 0 Å². The Balaban J connectivity index is 2.26. The number of aryl methyl sites for hydroxylation is 1. The average molecular weight is 297 g/mol. The van der Waals surface area contributed by atoms with Crippen LogP contribution >= 0.6 is 22.9 Å². The summed E-state index contributed by atoms with van der Waals surface area (Å²) in [6.07, 6.45) is 0.840. The predicted octanol–water partition coefficient (Wildman–Crippen LogP) is 3.62. The predicted molar refractivity (Wildman–Crippen MR) is 80.4 cm³/mol. The summed E-state index contributed by atoms with van der Waals surface area (Å²) in [5.41, 5.74) is 2.17. The molecule has 0 amide bonds. The molecule has 1 aromatic carbocycles. The molecule has 1 aromatic heterocycles. The molecule has 0 aliphatic carbocycles. The number of aromatic nitrogens is 1. The van der Waals surface area contributed by atoms with Gasteiger partial charge in [0, 0.05) is 34.1 Å². The number of halogens is 1. The van der Waals surface area contributed by atoms with Crippen molar-refractivity contribution in [3.05, 3.63) is 44.9 Å². The minimum absolute atomic E-state index is 0.165. The van der Waals surface area contributed by atoms with Crippen molar-refractivity contribution < 1.29 is 4.74 Å². The number of hydrogen-bond donors (Lipinski definition) is 1.